The molecule has 2 aliphatic heterocycles. The third kappa shape index (κ3) is 3.60. The number of sulfonamides is 1. The smallest absolute Gasteiger partial charge is 0.269 e. The minimum absolute atomic E-state index is 0.0677. The van der Waals surface area contributed by atoms with Gasteiger partial charge in [-0.25, -0.2) is 8.42 Å². The molecule has 0 spiro atoms. The highest BCUT2D eigenvalue weighted by molar-refractivity contribution is 7.89. The Hall–Kier alpha value is -2.75. The fraction of sp³-hybridized carbons (Fsp3) is 0.391. The highest BCUT2D eigenvalue weighted by Crippen LogP contribution is 2.50. The topological polar surface area (TPSA) is 95.8 Å². The van der Waals surface area contributed by atoms with E-state index < -0.39 is 10.0 Å². The van der Waals surface area contributed by atoms with Crippen LogP contribution < -0.4 is 5.32 Å². The van der Waals surface area contributed by atoms with Crippen LogP contribution in [0.15, 0.2) is 59.5 Å². The maximum absolute atomic E-state index is 13.3. The van der Waals surface area contributed by atoms with Gasteiger partial charge in [0.25, 0.3) is 5.69 Å². The van der Waals surface area contributed by atoms with Crippen molar-refractivity contribution in [3.8, 4) is 0 Å². The number of nitrogens with zero attached hydrogens (tertiary/aromatic N) is 3. The van der Waals surface area contributed by atoms with Gasteiger partial charge < -0.3 is 10.2 Å². The molecule has 1 saturated heterocycles. The van der Waals surface area contributed by atoms with Gasteiger partial charge in [0.2, 0.25) is 10.0 Å². The Balaban J connectivity index is 1.49. The lowest BCUT2D eigenvalue weighted by Gasteiger charge is -2.38. The van der Waals surface area contributed by atoms with Crippen LogP contribution in [0.25, 0.3) is 0 Å². The molecule has 168 valence electrons. The summed E-state index contributed by atoms with van der Waals surface area (Å²) < 4.78 is 28.1. The largest absolute Gasteiger partial charge is 0.378 e. The predicted molar refractivity (Wildman–Crippen MR) is 122 cm³/mol. The van der Waals surface area contributed by atoms with E-state index in [-0.39, 0.29) is 28.5 Å². The molecule has 0 saturated carbocycles. The van der Waals surface area contributed by atoms with E-state index >= 15 is 0 Å². The lowest BCUT2D eigenvalue weighted by molar-refractivity contribution is -0.384. The molecule has 3 unspecified atom stereocenters. The van der Waals surface area contributed by atoms with Crippen LogP contribution in [0.5, 0.6) is 0 Å². The van der Waals surface area contributed by atoms with Crippen molar-refractivity contribution in [2.24, 2.45) is 5.92 Å². The van der Waals surface area contributed by atoms with E-state index in [1.54, 1.807) is 22.5 Å². The number of fused-ring (bicyclic) bond motifs is 3. The van der Waals surface area contributed by atoms with Gasteiger partial charge in [-0.15, -0.1) is 0 Å². The maximum Gasteiger partial charge on any atom is 0.269 e. The summed E-state index contributed by atoms with van der Waals surface area (Å²) in [7, 11) is -1.55. The van der Waals surface area contributed by atoms with Gasteiger partial charge in [0.15, 0.2) is 0 Å². The average molecular weight is 455 g/mol. The SMILES string of the molecule is CN1CCN(S(=O)(=O)c2ccc3c(c2)C2C=CCC2C(c2cccc([N+](=O)[O-])c2)N3)CC1. The zero-order valence-corrected chi connectivity index (χ0v) is 18.7. The van der Waals surface area contributed by atoms with Crippen molar-refractivity contribution in [2.75, 3.05) is 38.5 Å². The number of nitro groups is 1. The first-order valence-electron chi connectivity index (χ1n) is 10.8. The summed E-state index contributed by atoms with van der Waals surface area (Å²) in [6, 6.07) is 12.0. The molecule has 1 fully saturated rings. The molecule has 0 radical (unpaired) electrons. The van der Waals surface area contributed by atoms with Crippen molar-refractivity contribution >= 4 is 21.4 Å². The molecule has 3 aliphatic rings. The van der Waals surface area contributed by atoms with Crippen LogP contribution in [0, 0.1) is 16.0 Å². The second kappa shape index (κ2) is 7.99. The molecular weight excluding hydrogens is 428 g/mol. The minimum atomic E-state index is -3.55. The number of piperazine rings is 1. The Morgan fingerprint density at radius 3 is 2.62 bits per heavy atom. The molecule has 1 N–H and O–H groups in total. The van der Waals surface area contributed by atoms with Gasteiger partial charge in [-0.2, -0.15) is 4.31 Å². The molecule has 2 heterocycles. The first kappa shape index (κ1) is 21.1. The van der Waals surface area contributed by atoms with Gasteiger partial charge in [-0.3, -0.25) is 10.1 Å². The van der Waals surface area contributed by atoms with Crippen molar-refractivity contribution < 1.29 is 13.3 Å². The van der Waals surface area contributed by atoms with Gasteiger partial charge in [-0.05, 0) is 48.7 Å². The van der Waals surface area contributed by atoms with Crippen LogP contribution in [0.4, 0.5) is 11.4 Å². The Labute approximate surface area is 187 Å². The van der Waals surface area contributed by atoms with E-state index in [1.807, 2.05) is 25.2 Å². The number of allylic oxidation sites excluding steroid dienone is 2. The molecule has 3 atom stereocenters. The highest BCUT2D eigenvalue weighted by atomic mass is 32.2. The molecule has 32 heavy (non-hydrogen) atoms. The molecule has 2 aromatic carbocycles. The van der Waals surface area contributed by atoms with Crippen molar-refractivity contribution in [1.29, 1.82) is 0 Å². The first-order valence-corrected chi connectivity index (χ1v) is 12.3. The summed E-state index contributed by atoms with van der Waals surface area (Å²) in [6.45, 7) is 2.44. The number of benzene rings is 2. The Kier molecular flexibility index (Phi) is 5.27. The van der Waals surface area contributed by atoms with E-state index in [1.165, 1.54) is 6.07 Å². The number of hydrogen-bond donors (Lipinski definition) is 1. The minimum Gasteiger partial charge on any atom is -0.378 e. The molecule has 9 heteroatoms. The van der Waals surface area contributed by atoms with Crippen molar-refractivity contribution in [2.45, 2.75) is 23.3 Å². The zero-order chi connectivity index (χ0) is 22.5. The molecule has 8 nitrogen and oxygen atoms in total. The second-order valence-electron chi connectivity index (χ2n) is 8.78. The second-order valence-corrected chi connectivity index (χ2v) is 10.7. The summed E-state index contributed by atoms with van der Waals surface area (Å²) in [6.07, 6.45) is 5.10. The first-order chi connectivity index (χ1) is 15.3. The van der Waals surface area contributed by atoms with Crippen LogP contribution in [-0.2, 0) is 10.0 Å². The van der Waals surface area contributed by atoms with Crippen LogP contribution >= 0.6 is 0 Å². The lowest BCUT2D eigenvalue weighted by atomic mass is 9.77. The number of hydrogen-bond acceptors (Lipinski definition) is 6. The zero-order valence-electron chi connectivity index (χ0n) is 17.8. The molecule has 2 aromatic rings. The normalized spacial score (nSPS) is 25.7. The predicted octanol–water partition coefficient (Wildman–Crippen LogP) is 3.36. The highest BCUT2D eigenvalue weighted by Gasteiger charge is 2.39. The summed E-state index contributed by atoms with van der Waals surface area (Å²) >= 11 is 0. The quantitative estimate of drug-likeness (QED) is 0.432. The fourth-order valence-corrected chi connectivity index (χ4v) is 6.53. The number of rotatable bonds is 4. The molecule has 0 bridgehead atoms. The summed E-state index contributed by atoms with van der Waals surface area (Å²) in [4.78, 5) is 13.3. The number of likely N-dealkylation sites (N-methyl/N-ethyl adjacent to an activating group) is 1. The average Bonchev–Trinajstić information content (AvgIpc) is 3.29. The maximum atomic E-state index is 13.3. The van der Waals surface area contributed by atoms with E-state index in [2.05, 4.69) is 22.4 Å². The number of non-ortho nitro benzene ring substituents is 1. The fourth-order valence-electron chi connectivity index (χ4n) is 5.07. The van der Waals surface area contributed by atoms with E-state index in [9.17, 15) is 18.5 Å². The molecule has 0 aromatic heterocycles. The Morgan fingerprint density at radius 2 is 1.88 bits per heavy atom. The third-order valence-corrected chi connectivity index (χ3v) is 8.77. The molecule has 1 aliphatic carbocycles. The van der Waals surface area contributed by atoms with Crippen LogP contribution in [0.3, 0.4) is 0 Å². The summed E-state index contributed by atoms with van der Waals surface area (Å²) in [5.74, 6) is 0.240. The third-order valence-electron chi connectivity index (χ3n) is 6.87. The van der Waals surface area contributed by atoms with Crippen LogP contribution in [0.2, 0.25) is 0 Å². The van der Waals surface area contributed by atoms with Crippen LogP contribution in [-0.4, -0.2) is 55.8 Å². The molecule has 0 amide bonds. The van der Waals surface area contributed by atoms with Crippen LogP contribution in [0.1, 0.15) is 29.5 Å². The monoisotopic (exact) mass is 454 g/mol. The number of anilines is 1. The number of nitrogens with one attached hydrogen (secondary N) is 1. The molecule has 5 rings (SSSR count). The standard InChI is InChI=1S/C23H26N4O4S/c1-25-10-12-26(13-11-25)32(30,31)18-8-9-22-21(15-18)19-6-3-7-20(19)23(24-22)16-4-2-5-17(14-16)27(28)29/h2-6,8-9,14-15,19-20,23-24H,7,10-13H2,1H3. The summed E-state index contributed by atoms with van der Waals surface area (Å²) in [5.41, 5.74) is 2.80. The van der Waals surface area contributed by atoms with Gasteiger partial charge in [-0.1, -0.05) is 24.3 Å². The Morgan fingerprint density at radius 1 is 1.09 bits per heavy atom. The number of nitro benzene ring substituents is 1. The Bertz CT molecular complexity index is 1190. The van der Waals surface area contributed by atoms with E-state index in [0.717, 1.165) is 36.3 Å². The van der Waals surface area contributed by atoms with E-state index in [0.29, 0.717) is 18.0 Å². The van der Waals surface area contributed by atoms with E-state index in [4.69, 9.17) is 0 Å². The van der Waals surface area contributed by atoms with Crippen molar-refractivity contribution in [3.05, 3.63) is 75.9 Å². The molecular formula is C23H26N4O4S. The van der Waals surface area contributed by atoms with Gasteiger partial charge in [0.1, 0.15) is 0 Å². The van der Waals surface area contributed by atoms with Gasteiger partial charge in [0, 0.05) is 49.9 Å². The van der Waals surface area contributed by atoms with Gasteiger partial charge >= 0.3 is 0 Å². The lowest BCUT2D eigenvalue weighted by Crippen LogP contribution is -2.47. The summed E-state index contributed by atoms with van der Waals surface area (Å²) in [5, 5.41) is 14.8. The van der Waals surface area contributed by atoms with Crippen molar-refractivity contribution in [3.63, 3.8) is 0 Å². The van der Waals surface area contributed by atoms with Crippen molar-refractivity contribution in [1.82, 2.24) is 9.21 Å². The van der Waals surface area contributed by atoms with Gasteiger partial charge in [0.05, 0.1) is 15.9 Å².